The Balaban J connectivity index is 1.80. The van der Waals surface area contributed by atoms with Gasteiger partial charge in [0.25, 0.3) is 5.82 Å². The molecule has 0 aliphatic carbocycles. The Bertz CT molecular complexity index is 1710. The SMILES string of the molecule is C=Cc1c(/C=C\C)n(-c2ccccc2)c2cc(C(C)C)c(-n3cc[n+]4c3-c3ccccc3C4)c(C(C)C)c12. The van der Waals surface area contributed by atoms with Gasteiger partial charge in [0.1, 0.15) is 24.6 Å². The smallest absolute Gasteiger partial charge is 0.294 e. The average molecular weight is 499 g/mol. The Kier molecular flexibility index (Phi) is 5.95. The lowest BCUT2D eigenvalue weighted by Crippen LogP contribution is -2.30. The number of fused-ring (bicyclic) bond motifs is 4. The third-order valence-corrected chi connectivity index (χ3v) is 7.85. The highest BCUT2D eigenvalue weighted by molar-refractivity contribution is 6.00. The topological polar surface area (TPSA) is 13.7 Å². The standard InChI is InChI=1S/C35H36N3/c1-7-14-30-27(8-2)33-31(38(30)26-16-10-9-11-17-26)21-29(23(3)4)34(32(33)24(5)6)37-20-19-36-22-25-15-12-13-18-28(25)35(36)37/h7-21,23-24H,2,22H2,1,3-6H3/q+1/b14-7-. The molecule has 0 saturated carbocycles. The van der Waals surface area contributed by atoms with Gasteiger partial charge >= 0.3 is 0 Å². The van der Waals surface area contributed by atoms with E-state index in [4.69, 9.17) is 0 Å². The van der Waals surface area contributed by atoms with Crippen molar-refractivity contribution in [1.82, 2.24) is 9.13 Å². The number of hydrogen-bond acceptors (Lipinski definition) is 0. The second-order valence-corrected chi connectivity index (χ2v) is 10.9. The number of hydrogen-bond donors (Lipinski definition) is 0. The molecule has 0 amide bonds. The van der Waals surface area contributed by atoms with Crippen LogP contribution in [0.15, 0.2) is 85.7 Å². The van der Waals surface area contributed by atoms with Crippen molar-refractivity contribution < 1.29 is 4.57 Å². The first-order chi connectivity index (χ1) is 18.5. The fraction of sp³-hybridized carbons (Fsp3) is 0.229. The number of para-hydroxylation sites is 1. The van der Waals surface area contributed by atoms with Gasteiger partial charge in [-0.2, -0.15) is 4.57 Å². The zero-order chi connectivity index (χ0) is 26.6. The van der Waals surface area contributed by atoms with Crippen LogP contribution in [-0.2, 0) is 6.54 Å². The molecule has 5 aromatic rings. The van der Waals surface area contributed by atoms with E-state index < -0.39 is 0 Å². The highest BCUT2D eigenvalue weighted by atomic mass is 15.2. The predicted molar refractivity (Wildman–Crippen MR) is 160 cm³/mol. The molecule has 6 rings (SSSR count). The van der Waals surface area contributed by atoms with Crippen molar-refractivity contribution >= 4 is 23.1 Å². The van der Waals surface area contributed by atoms with Crippen molar-refractivity contribution in [3.05, 3.63) is 114 Å². The number of aromatic nitrogens is 3. The van der Waals surface area contributed by atoms with Crippen LogP contribution >= 0.6 is 0 Å². The quantitative estimate of drug-likeness (QED) is 0.204. The van der Waals surface area contributed by atoms with Gasteiger partial charge in [-0.25, -0.2) is 4.57 Å². The monoisotopic (exact) mass is 498 g/mol. The van der Waals surface area contributed by atoms with Gasteiger partial charge in [0.2, 0.25) is 0 Å². The molecule has 190 valence electrons. The fourth-order valence-corrected chi connectivity index (χ4v) is 6.27. The van der Waals surface area contributed by atoms with Crippen molar-refractivity contribution in [2.24, 2.45) is 0 Å². The van der Waals surface area contributed by atoms with E-state index >= 15 is 0 Å². The molecule has 1 aliphatic rings. The Morgan fingerprint density at radius 2 is 1.68 bits per heavy atom. The minimum Gasteiger partial charge on any atom is -0.309 e. The largest absolute Gasteiger partial charge is 0.309 e. The van der Waals surface area contributed by atoms with Crippen LogP contribution in [0.4, 0.5) is 0 Å². The van der Waals surface area contributed by atoms with Crippen molar-refractivity contribution in [3.63, 3.8) is 0 Å². The number of rotatable bonds is 6. The van der Waals surface area contributed by atoms with E-state index in [9.17, 15) is 0 Å². The second-order valence-electron chi connectivity index (χ2n) is 10.9. The number of nitrogens with zero attached hydrogens (tertiary/aromatic N) is 3. The molecule has 0 saturated heterocycles. The van der Waals surface area contributed by atoms with Gasteiger partial charge in [-0.3, -0.25) is 0 Å². The molecule has 3 nitrogen and oxygen atoms in total. The van der Waals surface area contributed by atoms with Crippen LogP contribution < -0.4 is 4.57 Å². The lowest BCUT2D eigenvalue weighted by Gasteiger charge is -2.20. The summed E-state index contributed by atoms with van der Waals surface area (Å²) in [5.74, 6) is 1.93. The van der Waals surface area contributed by atoms with E-state index in [0.29, 0.717) is 11.8 Å². The van der Waals surface area contributed by atoms with Gasteiger partial charge in [0.05, 0.1) is 16.8 Å². The summed E-state index contributed by atoms with van der Waals surface area (Å²) in [4.78, 5) is 0. The Hall–Kier alpha value is -4.11. The third kappa shape index (κ3) is 3.53. The molecular weight excluding hydrogens is 462 g/mol. The van der Waals surface area contributed by atoms with Gasteiger partial charge in [0, 0.05) is 33.3 Å². The summed E-state index contributed by atoms with van der Waals surface area (Å²) in [6.07, 6.45) is 10.9. The lowest BCUT2D eigenvalue weighted by molar-refractivity contribution is -0.671. The zero-order valence-electron chi connectivity index (χ0n) is 23.1. The summed E-state index contributed by atoms with van der Waals surface area (Å²) in [5, 5.41) is 1.30. The molecule has 3 aromatic carbocycles. The molecule has 0 radical (unpaired) electrons. The van der Waals surface area contributed by atoms with E-state index in [1.54, 1.807) is 0 Å². The van der Waals surface area contributed by atoms with E-state index in [0.717, 1.165) is 6.54 Å². The molecule has 0 spiro atoms. The molecule has 3 heteroatoms. The van der Waals surface area contributed by atoms with Gasteiger partial charge in [-0.15, -0.1) is 0 Å². The highest BCUT2D eigenvalue weighted by Crippen LogP contribution is 2.44. The molecule has 38 heavy (non-hydrogen) atoms. The maximum absolute atomic E-state index is 4.31. The van der Waals surface area contributed by atoms with E-state index in [2.05, 4.69) is 140 Å². The lowest BCUT2D eigenvalue weighted by atomic mass is 9.88. The van der Waals surface area contributed by atoms with Crippen molar-refractivity contribution in [2.45, 2.75) is 53.0 Å². The summed E-state index contributed by atoms with van der Waals surface area (Å²) >= 11 is 0. The normalized spacial score (nSPS) is 12.7. The van der Waals surface area contributed by atoms with Crippen LogP contribution in [0.3, 0.4) is 0 Å². The van der Waals surface area contributed by atoms with E-state index in [1.807, 2.05) is 6.08 Å². The molecule has 2 aromatic heterocycles. The van der Waals surface area contributed by atoms with Crippen molar-refractivity contribution in [1.29, 1.82) is 0 Å². The van der Waals surface area contributed by atoms with Gasteiger partial charge in [-0.1, -0.05) is 82.8 Å². The van der Waals surface area contributed by atoms with Crippen LogP contribution in [0.2, 0.25) is 0 Å². The Morgan fingerprint density at radius 1 is 0.947 bits per heavy atom. The van der Waals surface area contributed by atoms with Crippen molar-refractivity contribution in [2.75, 3.05) is 0 Å². The van der Waals surface area contributed by atoms with Crippen molar-refractivity contribution in [3.8, 4) is 22.8 Å². The maximum Gasteiger partial charge on any atom is 0.294 e. The fourth-order valence-electron chi connectivity index (χ4n) is 6.27. The highest BCUT2D eigenvalue weighted by Gasteiger charge is 2.34. The van der Waals surface area contributed by atoms with Crippen LogP contribution in [0, 0.1) is 0 Å². The maximum atomic E-state index is 4.31. The second kappa shape index (κ2) is 9.33. The first-order valence-electron chi connectivity index (χ1n) is 13.7. The van der Waals surface area contributed by atoms with Gasteiger partial charge in [-0.05, 0) is 49.1 Å². The van der Waals surface area contributed by atoms with Crippen LogP contribution in [0.1, 0.15) is 74.4 Å². The zero-order valence-corrected chi connectivity index (χ0v) is 23.1. The molecule has 3 heterocycles. The molecule has 1 aliphatic heterocycles. The molecule has 0 N–H and O–H groups in total. The predicted octanol–water partition coefficient (Wildman–Crippen LogP) is 8.66. The molecule has 0 atom stereocenters. The Labute approximate surface area is 226 Å². The summed E-state index contributed by atoms with van der Waals surface area (Å²) in [6.45, 7) is 16.6. The van der Waals surface area contributed by atoms with Crippen LogP contribution in [0.25, 0.3) is 45.8 Å². The molecule has 0 fully saturated rings. The van der Waals surface area contributed by atoms with Gasteiger partial charge in [0.15, 0.2) is 0 Å². The number of benzene rings is 3. The summed E-state index contributed by atoms with van der Waals surface area (Å²) in [6, 6.07) is 22.0. The summed E-state index contributed by atoms with van der Waals surface area (Å²) < 4.78 is 7.26. The number of imidazole rings is 1. The van der Waals surface area contributed by atoms with E-state index in [1.165, 1.54) is 61.6 Å². The first kappa shape index (κ1) is 24.2. The van der Waals surface area contributed by atoms with Gasteiger partial charge < -0.3 is 4.57 Å². The average Bonchev–Trinajstić information content (AvgIpc) is 3.58. The first-order valence-corrected chi connectivity index (χ1v) is 13.7. The Morgan fingerprint density at radius 3 is 2.37 bits per heavy atom. The summed E-state index contributed by atoms with van der Waals surface area (Å²) in [7, 11) is 0. The molecule has 0 bridgehead atoms. The van der Waals surface area contributed by atoms with Crippen LogP contribution in [-0.4, -0.2) is 9.13 Å². The third-order valence-electron chi connectivity index (χ3n) is 7.85. The summed E-state index contributed by atoms with van der Waals surface area (Å²) in [5.41, 5.74) is 11.5. The van der Waals surface area contributed by atoms with Crippen LogP contribution in [0.5, 0.6) is 0 Å². The van der Waals surface area contributed by atoms with E-state index in [-0.39, 0.29) is 0 Å². The minimum atomic E-state index is 0.315. The molecular formula is C35H36N3+. The minimum absolute atomic E-state index is 0.315. The molecule has 0 unspecified atom stereocenters. The number of allylic oxidation sites excluding steroid dienone is 1.